The van der Waals surface area contributed by atoms with Gasteiger partial charge >= 0.3 is 0 Å². The average molecular weight is 306 g/mol. The Morgan fingerprint density at radius 2 is 1.64 bits per heavy atom. The van der Waals surface area contributed by atoms with Crippen molar-refractivity contribution in [3.63, 3.8) is 0 Å². The highest BCUT2D eigenvalue weighted by molar-refractivity contribution is 7.25. The van der Waals surface area contributed by atoms with Crippen LogP contribution in [0.25, 0.3) is 20.2 Å². The Kier molecular flexibility index (Phi) is 3.90. The van der Waals surface area contributed by atoms with Gasteiger partial charge in [0.25, 0.3) is 0 Å². The third-order valence-corrected chi connectivity index (χ3v) is 4.63. The number of nitrogens with zero attached hydrogens (tertiary/aromatic N) is 2. The van der Waals surface area contributed by atoms with Crippen LogP contribution in [-0.2, 0) is 0 Å². The van der Waals surface area contributed by atoms with Crippen LogP contribution in [0.15, 0.2) is 64.7 Å². The number of hydrogen-bond acceptors (Lipinski definition) is 2. The monoisotopic (exact) mass is 306 g/mol. The molecule has 2 nitrogen and oxygen atoms in total. The van der Waals surface area contributed by atoms with E-state index in [9.17, 15) is 0 Å². The van der Waals surface area contributed by atoms with Crippen molar-refractivity contribution in [3.05, 3.63) is 60.3 Å². The molecule has 3 heteroatoms. The van der Waals surface area contributed by atoms with Gasteiger partial charge in [0.2, 0.25) is 0 Å². The van der Waals surface area contributed by atoms with Gasteiger partial charge in [0, 0.05) is 31.6 Å². The van der Waals surface area contributed by atoms with Crippen molar-refractivity contribution in [2.75, 3.05) is 0 Å². The normalized spacial score (nSPS) is 13.0. The highest BCUT2D eigenvalue weighted by atomic mass is 32.1. The lowest BCUT2D eigenvalue weighted by atomic mass is 10.1. The second kappa shape index (κ2) is 5.85. The van der Waals surface area contributed by atoms with E-state index in [4.69, 9.17) is 0 Å². The van der Waals surface area contributed by atoms with E-state index in [0.29, 0.717) is 0 Å². The predicted molar refractivity (Wildman–Crippen MR) is 99.5 cm³/mol. The van der Waals surface area contributed by atoms with Crippen molar-refractivity contribution in [1.29, 1.82) is 0 Å². The molecule has 0 unspecified atom stereocenters. The number of thiophene rings is 1. The van der Waals surface area contributed by atoms with Gasteiger partial charge in [-0.05, 0) is 44.5 Å². The van der Waals surface area contributed by atoms with Crippen LogP contribution in [0, 0.1) is 0 Å². The van der Waals surface area contributed by atoms with Crippen molar-refractivity contribution < 1.29 is 0 Å². The summed E-state index contributed by atoms with van der Waals surface area (Å²) < 4.78 is 2.63. The number of allylic oxidation sites excluding steroid dienone is 1. The second-order valence-electron chi connectivity index (χ2n) is 5.40. The molecule has 0 aliphatic rings. The highest BCUT2D eigenvalue weighted by Crippen LogP contribution is 2.34. The molecular weight excluding hydrogens is 288 g/mol. The molecule has 0 aliphatic heterocycles. The number of rotatable bonds is 2. The lowest BCUT2D eigenvalue weighted by molar-refractivity contribution is 1.29. The van der Waals surface area contributed by atoms with Crippen LogP contribution >= 0.6 is 11.3 Å². The van der Waals surface area contributed by atoms with E-state index in [-0.39, 0.29) is 0 Å². The summed E-state index contributed by atoms with van der Waals surface area (Å²) >= 11 is 1.83. The summed E-state index contributed by atoms with van der Waals surface area (Å²) in [5, 5.41) is 2.60. The molecule has 0 saturated carbocycles. The number of fused-ring (bicyclic) bond motifs is 3. The minimum atomic E-state index is 0.736. The van der Waals surface area contributed by atoms with E-state index >= 15 is 0 Å². The fourth-order valence-corrected chi connectivity index (χ4v) is 3.65. The zero-order chi connectivity index (χ0) is 15.7. The first kappa shape index (κ1) is 14.7. The molecule has 0 amide bonds. The maximum absolute atomic E-state index is 4.57. The van der Waals surface area contributed by atoms with Crippen molar-refractivity contribution in [2.45, 2.75) is 20.8 Å². The van der Waals surface area contributed by atoms with Gasteiger partial charge < -0.3 is 0 Å². The van der Waals surface area contributed by atoms with Gasteiger partial charge in [0.15, 0.2) is 0 Å². The van der Waals surface area contributed by atoms with Gasteiger partial charge in [0.1, 0.15) is 5.84 Å². The van der Waals surface area contributed by atoms with Crippen LogP contribution in [0.3, 0.4) is 0 Å². The molecule has 3 rings (SSSR count). The molecule has 2 aromatic carbocycles. The first-order valence-corrected chi connectivity index (χ1v) is 8.04. The molecule has 22 heavy (non-hydrogen) atoms. The summed E-state index contributed by atoms with van der Waals surface area (Å²) in [6.07, 6.45) is 0. The van der Waals surface area contributed by atoms with Gasteiger partial charge in [0.05, 0.1) is 0 Å². The van der Waals surface area contributed by atoms with Crippen molar-refractivity contribution in [1.82, 2.24) is 0 Å². The SMILES string of the molecule is C=C(C)N=C(C)N=C(C)c1ccc2sc3ccccc3c2c1. The lowest BCUT2D eigenvalue weighted by Gasteiger charge is -2.02. The zero-order valence-electron chi connectivity index (χ0n) is 13.1. The van der Waals surface area contributed by atoms with Crippen molar-refractivity contribution >= 4 is 43.1 Å². The average Bonchev–Trinajstić information content (AvgIpc) is 2.83. The van der Waals surface area contributed by atoms with Crippen LogP contribution in [0.5, 0.6) is 0 Å². The van der Waals surface area contributed by atoms with Crippen molar-refractivity contribution in [3.8, 4) is 0 Å². The van der Waals surface area contributed by atoms with Crippen LogP contribution < -0.4 is 0 Å². The lowest BCUT2D eigenvalue weighted by Crippen LogP contribution is -1.98. The van der Waals surface area contributed by atoms with E-state index in [1.165, 1.54) is 20.2 Å². The molecule has 0 atom stereocenters. The summed E-state index contributed by atoms with van der Waals surface area (Å²) in [6, 6.07) is 15.1. The Labute approximate surface area is 134 Å². The molecule has 1 aromatic heterocycles. The molecule has 0 bridgehead atoms. The molecule has 0 spiro atoms. The predicted octanol–water partition coefficient (Wildman–Crippen LogP) is 5.82. The quantitative estimate of drug-likeness (QED) is 0.421. The standard InChI is InChI=1S/C19H18N2S/c1-12(2)20-14(4)21-13(3)15-9-10-19-17(11-15)16-7-5-6-8-18(16)22-19/h5-11H,1H2,2-4H3. The summed E-state index contributed by atoms with van der Waals surface area (Å²) in [7, 11) is 0. The minimum Gasteiger partial charge on any atom is -0.239 e. The largest absolute Gasteiger partial charge is 0.239 e. The Hall–Kier alpha value is -2.26. The summed E-state index contributed by atoms with van der Waals surface area (Å²) in [5.74, 6) is 0.736. The zero-order valence-corrected chi connectivity index (χ0v) is 13.9. The molecule has 1 heterocycles. The fraction of sp³-hybridized carbons (Fsp3) is 0.158. The summed E-state index contributed by atoms with van der Waals surface area (Å²) in [6.45, 7) is 9.58. The topological polar surface area (TPSA) is 24.7 Å². The van der Waals surface area contributed by atoms with E-state index in [1.807, 2.05) is 32.1 Å². The minimum absolute atomic E-state index is 0.736. The molecule has 0 aliphatic carbocycles. The molecular formula is C19H18N2S. The Balaban J connectivity index is 2.10. The van der Waals surface area contributed by atoms with Gasteiger partial charge in [-0.1, -0.05) is 30.8 Å². The van der Waals surface area contributed by atoms with E-state index in [1.54, 1.807) is 0 Å². The second-order valence-corrected chi connectivity index (χ2v) is 6.48. The maximum atomic E-state index is 4.57. The number of amidine groups is 1. The van der Waals surface area contributed by atoms with Crippen LogP contribution in [-0.4, -0.2) is 11.5 Å². The number of hydrogen-bond donors (Lipinski definition) is 0. The van der Waals surface area contributed by atoms with E-state index in [0.717, 1.165) is 22.8 Å². The Bertz CT molecular complexity index is 929. The molecule has 0 fully saturated rings. The molecule has 110 valence electrons. The fourth-order valence-electron chi connectivity index (χ4n) is 2.56. The summed E-state index contributed by atoms with van der Waals surface area (Å²) in [4.78, 5) is 8.85. The first-order chi connectivity index (χ1) is 10.5. The third kappa shape index (κ3) is 2.85. The summed E-state index contributed by atoms with van der Waals surface area (Å²) in [5.41, 5.74) is 2.88. The molecule has 0 N–H and O–H groups in total. The van der Waals surface area contributed by atoms with E-state index < -0.39 is 0 Å². The Morgan fingerprint density at radius 3 is 2.41 bits per heavy atom. The van der Waals surface area contributed by atoms with Crippen molar-refractivity contribution in [2.24, 2.45) is 9.98 Å². The third-order valence-electron chi connectivity index (χ3n) is 3.48. The molecule has 0 saturated heterocycles. The van der Waals surface area contributed by atoms with Crippen LogP contribution in [0.1, 0.15) is 26.3 Å². The van der Waals surface area contributed by atoms with Crippen LogP contribution in [0.2, 0.25) is 0 Å². The number of benzene rings is 2. The van der Waals surface area contributed by atoms with Gasteiger partial charge in [-0.2, -0.15) is 0 Å². The van der Waals surface area contributed by atoms with E-state index in [2.05, 4.69) is 59.0 Å². The smallest absolute Gasteiger partial charge is 0.125 e. The first-order valence-electron chi connectivity index (χ1n) is 7.22. The Morgan fingerprint density at radius 1 is 0.909 bits per heavy atom. The maximum Gasteiger partial charge on any atom is 0.125 e. The molecule has 0 radical (unpaired) electrons. The molecule has 3 aromatic rings. The van der Waals surface area contributed by atoms with Gasteiger partial charge in [-0.15, -0.1) is 11.3 Å². The number of aliphatic imine (C=N–C) groups is 2. The highest BCUT2D eigenvalue weighted by Gasteiger charge is 2.06. The van der Waals surface area contributed by atoms with Gasteiger partial charge in [-0.25, -0.2) is 9.98 Å². The van der Waals surface area contributed by atoms with Gasteiger partial charge in [-0.3, -0.25) is 0 Å². The van der Waals surface area contributed by atoms with Crippen LogP contribution in [0.4, 0.5) is 0 Å².